The molecule has 0 fully saturated rings. The summed E-state index contributed by atoms with van der Waals surface area (Å²) in [7, 11) is 2.15. The van der Waals surface area contributed by atoms with Gasteiger partial charge in [-0.15, -0.1) is 0 Å². The van der Waals surface area contributed by atoms with Crippen LogP contribution in [0, 0.1) is 0 Å². The van der Waals surface area contributed by atoms with Gasteiger partial charge < -0.3 is 10.5 Å². The Bertz CT molecular complexity index is 350. The van der Waals surface area contributed by atoms with Crippen molar-refractivity contribution in [2.75, 3.05) is 20.2 Å². The number of nitrogens with zero attached hydrogens (tertiary/aromatic N) is 1. The molecule has 108 valence electrons. The molecule has 19 heavy (non-hydrogen) atoms. The molecule has 0 heterocycles. The Morgan fingerprint density at radius 1 is 1.21 bits per heavy atom. The largest absolute Gasteiger partial charge is 0.494 e. The van der Waals surface area contributed by atoms with E-state index in [9.17, 15) is 0 Å². The van der Waals surface area contributed by atoms with Crippen molar-refractivity contribution in [1.82, 2.24) is 4.90 Å². The molecule has 1 aromatic carbocycles. The first kappa shape index (κ1) is 16.0. The highest BCUT2D eigenvalue weighted by Crippen LogP contribution is 2.23. The molecule has 3 heteroatoms. The molecule has 2 unspecified atom stereocenters. The molecule has 0 aliphatic carbocycles. The third kappa shape index (κ3) is 4.51. The Hall–Kier alpha value is -1.06. The van der Waals surface area contributed by atoms with Crippen LogP contribution in [0.15, 0.2) is 24.3 Å². The van der Waals surface area contributed by atoms with E-state index in [-0.39, 0.29) is 6.04 Å². The van der Waals surface area contributed by atoms with Crippen LogP contribution in [0.1, 0.15) is 45.2 Å². The molecule has 0 saturated carbocycles. The summed E-state index contributed by atoms with van der Waals surface area (Å²) in [6.45, 7) is 7.96. The van der Waals surface area contributed by atoms with Gasteiger partial charge in [0.1, 0.15) is 5.75 Å². The number of hydrogen-bond acceptors (Lipinski definition) is 3. The lowest BCUT2D eigenvalue weighted by Crippen LogP contribution is -2.36. The summed E-state index contributed by atoms with van der Waals surface area (Å²) in [5, 5.41) is 0. The van der Waals surface area contributed by atoms with Gasteiger partial charge in [-0.2, -0.15) is 0 Å². The molecule has 0 spiro atoms. The molecule has 2 N–H and O–H groups in total. The number of rotatable bonds is 8. The zero-order valence-corrected chi connectivity index (χ0v) is 12.7. The van der Waals surface area contributed by atoms with Crippen molar-refractivity contribution in [3.8, 4) is 5.75 Å². The Kier molecular flexibility index (Phi) is 6.89. The quantitative estimate of drug-likeness (QED) is 0.783. The molecular formula is C16H28N2O. The van der Waals surface area contributed by atoms with Gasteiger partial charge >= 0.3 is 0 Å². The van der Waals surface area contributed by atoms with Crippen LogP contribution in [0.2, 0.25) is 0 Å². The predicted molar refractivity (Wildman–Crippen MR) is 81.5 cm³/mol. The van der Waals surface area contributed by atoms with E-state index in [4.69, 9.17) is 10.5 Å². The molecule has 0 aliphatic heterocycles. The van der Waals surface area contributed by atoms with Crippen molar-refractivity contribution >= 4 is 0 Å². The lowest BCUT2D eigenvalue weighted by atomic mass is 10.0. The third-order valence-corrected chi connectivity index (χ3v) is 3.74. The minimum absolute atomic E-state index is 0.273. The highest BCUT2D eigenvalue weighted by atomic mass is 16.5. The van der Waals surface area contributed by atoms with Crippen molar-refractivity contribution in [1.29, 1.82) is 0 Å². The van der Waals surface area contributed by atoms with E-state index in [1.807, 2.05) is 12.1 Å². The summed E-state index contributed by atoms with van der Waals surface area (Å²) < 4.78 is 5.61. The van der Waals surface area contributed by atoms with Crippen LogP contribution in [0.4, 0.5) is 0 Å². The van der Waals surface area contributed by atoms with Gasteiger partial charge in [-0.1, -0.05) is 26.0 Å². The van der Waals surface area contributed by atoms with E-state index in [0.29, 0.717) is 12.6 Å². The molecule has 0 radical (unpaired) electrons. The average molecular weight is 264 g/mol. The number of likely N-dealkylation sites (N-methyl/N-ethyl adjacent to an activating group) is 1. The zero-order valence-electron chi connectivity index (χ0n) is 12.7. The van der Waals surface area contributed by atoms with Crippen molar-refractivity contribution in [3.63, 3.8) is 0 Å². The van der Waals surface area contributed by atoms with E-state index in [1.54, 1.807) is 0 Å². The van der Waals surface area contributed by atoms with Gasteiger partial charge in [0.15, 0.2) is 0 Å². The maximum atomic E-state index is 5.94. The maximum absolute atomic E-state index is 5.94. The Morgan fingerprint density at radius 2 is 1.84 bits per heavy atom. The minimum atomic E-state index is 0.273. The second-order valence-corrected chi connectivity index (χ2v) is 5.09. The summed E-state index contributed by atoms with van der Waals surface area (Å²) in [6.07, 6.45) is 2.16. The Morgan fingerprint density at radius 3 is 2.32 bits per heavy atom. The molecule has 1 rings (SSSR count). The van der Waals surface area contributed by atoms with Gasteiger partial charge in [0.25, 0.3) is 0 Å². The van der Waals surface area contributed by atoms with Crippen LogP contribution in [0.25, 0.3) is 0 Å². The third-order valence-electron chi connectivity index (χ3n) is 3.74. The highest BCUT2D eigenvalue weighted by molar-refractivity contribution is 5.29. The van der Waals surface area contributed by atoms with Crippen molar-refractivity contribution in [2.45, 2.75) is 45.7 Å². The summed E-state index contributed by atoms with van der Waals surface area (Å²) in [5.74, 6) is 0.938. The highest BCUT2D eigenvalue weighted by Gasteiger charge is 2.19. The van der Waals surface area contributed by atoms with E-state index in [1.165, 1.54) is 5.56 Å². The fraction of sp³-hybridized carbons (Fsp3) is 0.625. The molecule has 0 aromatic heterocycles. The molecular weight excluding hydrogens is 236 g/mol. The Labute approximate surface area is 117 Å². The second kappa shape index (κ2) is 8.18. The molecule has 0 saturated heterocycles. The number of benzene rings is 1. The van der Waals surface area contributed by atoms with Gasteiger partial charge in [0.2, 0.25) is 0 Å². The fourth-order valence-corrected chi connectivity index (χ4v) is 2.14. The van der Waals surface area contributed by atoms with Crippen LogP contribution in [-0.2, 0) is 0 Å². The second-order valence-electron chi connectivity index (χ2n) is 5.09. The molecule has 2 atom stereocenters. The van der Waals surface area contributed by atoms with E-state index in [0.717, 1.165) is 25.2 Å². The number of nitrogens with two attached hydrogens (primary N) is 1. The zero-order chi connectivity index (χ0) is 14.3. The first-order valence-corrected chi connectivity index (χ1v) is 7.28. The summed E-state index contributed by atoms with van der Waals surface area (Å²) >= 11 is 0. The summed E-state index contributed by atoms with van der Waals surface area (Å²) in [4.78, 5) is 2.35. The van der Waals surface area contributed by atoms with Gasteiger partial charge in [-0.25, -0.2) is 0 Å². The lowest BCUT2D eigenvalue weighted by molar-refractivity contribution is 0.184. The smallest absolute Gasteiger partial charge is 0.119 e. The average Bonchev–Trinajstić information content (AvgIpc) is 2.46. The van der Waals surface area contributed by atoms with Crippen molar-refractivity contribution < 1.29 is 4.74 Å². The monoisotopic (exact) mass is 264 g/mol. The van der Waals surface area contributed by atoms with Crippen molar-refractivity contribution in [3.05, 3.63) is 29.8 Å². The molecule has 0 aliphatic rings. The number of ether oxygens (including phenoxy) is 1. The van der Waals surface area contributed by atoms with Gasteiger partial charge in [-0.05, 0) is 44.5 Å². The first-order valence-electron chi connectivity index (χ1n) is 7.28. The fourth-order valence-electron chi connectivity index (χ4n) is 2.14. The minimum Gasteiger partial charge on any atom is -0.494 e. The normalized spacial score (nSPS) is 14.4. The van der Waals surface area contributed by atoms with E-state index >= 15 is 0 Å². The van der Waals surface area contributed by atoms with Crippen LogP contribution in [0.5, 0.6) is 5.75 Å². The van der Waals surface area contributed by atoms with Crippen LogP contribution < -0.4 is 10.5 Å². The van der Waals surface area contributed by atoms with Crippen LogP contribution >= 0.6 is 0 Å². The molecule has 0 amide bonds. The summed E-state index contributed by atoms with van der Waals surface area (Å²) in [6, 6.07) is 9.14. The van der Waals surface area contributed by atoms with Crippen molar-refractivity contribution in [2.24, 2.45) is 5.73 Å². The molecule has 1 aromatic rings. The van der Waals surface area contributed by atoms with Gasteiger partial charge in [0, 0.05) is 18.6 Å². The topological polar surface area (TPSA) is 38.5 Å². The molecule has 3 nitrogen and oxygen atoms in total. The van der Waals surface area contributed by atoms with Gasteiger partial charge in [-0.3, -0.25) is 4.90 Å². The maximum Gasteiger partial charge on any atom is 0.119 e. The SMILES string of the molecule is CCCOc1ccc(C(CN)N(C)C(C)CC)cc1. The predicted octanol–water partition coefficient (Wildman–Crippen LogP) is 3.21. The molecule has 0 bridgehead atoms. The summed E-state index contributed by atoms with van der Waals surface area (Å²) in [5.41, 5.74) is 7.20. The first-order chi connectivity index (χ1) is 9.13. The van der Waals surface area contributed by atoms with Crippen LogP contribution in [0.3, 0.4) is 0 Å². The van der Waals surface area contributed by atoms with E-state index in [2.05, 4.69) is 44.9 Å². The van der Waals surface area contributed by atoms with Gasteiger partial charge in [0.05, 0.1) is 6.61 Å². The Balaban J connectivity index is 2.76. The lowest BCUT2D eigenvalue weighted by Gasteiger charge is -2.32. The van der Waals surface area contributed by atoms with Crippen LogP contribution in [-0.4, -0.2) is 31.1 Å². The van der Waals surface area contributed by atoms with E-state index < -0.39 is 0 Å². The standard InChI is InChI=1S/C16H28N2O/c1-5-11-19-15-9-7-14(8-10-15)16(12-17)18(4)13(3)6-2/h7-10,13,16H,5-6,11-12,17H2,1-4H3. The number of hydrogen-bond donors (Lipinski definition) is 1.